The Morgan fingerprint density at radius 3 is 2.30 bits per heavy atom. The van der Waals surface area contributed by atoms with Crippen molar-refractivity contribution in [1.82, 2.24) is 9.88 Å². The van der Waals surface area contributed by atoms with Crippen molar-refractivity contribution in [2.24, 2.45) is 0 Å². The number of hydrogen-bond donors (Lipinski definition) is 1. The second-order valence-electron chi connectivity index (χ2n) is 5.52. The van der Waals surface area contributed by atoms with Gasteiger partial charge in [-0.2, -0.15) is 0 Å². The molecule has 0 aliphatic heterocycles. The van der Waals surface area contributed by atoms with E-state index in [1.807, 2.05) is 31.2 Å². The van der Waals surface area contributed by atoms with E-state index in [1.54, 1.807) is 36.5 Å². The molecule has 1 aromatic heterocycles. The summed E-state index contributed by atoms with van der Waals surface area (Å²) in [6.45, 7) is 3.46. The number of nitrogens with one attached hydrogen (secondary N) is 1. The van der Waals surface area contributed by atoms with Gasteiger partial charge in [-0.05, 0) is 42.3 Å². The Balaban J connectivity index is 1.99. The van der Waals surface area contributed by atoms with Crippen LogP contribution in [0.1, 0.15) is 31.0 Å². The zero-order valence-corrected chi connectivity index (χ0v) is 13.6. The number of likely N-dealkylation sites (N-methyl/N-ethyl adjacent to an activating group) is 1. The lowest BCUT2D eigenvalue weighted by molar-refractivity contribution is -0.131. The molecule has 23 heavy (non-hydrogen) atoms. The third kappa shape index (κ3) is 4.64. The molecule has 0 saturated heterocycles. The molecule has 2 rings (SSSR count). The van der Waals surface area contributed by atoms with Gasteiger partial charge in [0.2, 0.25) is 11.8 Å². The average molecular weight is 311 g/mol. The van der Waals surface area contributed by atoms with Gasteiger partial charge in [0.25, 0.3) is 0 Å². The van der Waals surface area contributed by atoms with Crippen LogP contribution in [-0.4, -0.2) is 28.7 Å². The number of anilines is 1. The van der Waals surface area contributed by atoms with Gasteiger partial charge in [-0.15, -0.1) is 0 Å². The SMILES string of the molecule is CC(=O)Nc1ccc(CC(=O)N(C)C(C)c2ccncc2)cc1. The predicted octanol–water partition coefficient (Wildman–Crippen LogP) is 2.80. The van der Waals surface area contributed by atoms with Gasteiger partial charge in [0.05, 0.1) is 12.5 Å². The van der Waals surface area contributed by atoms with E-state index >= 15 is 0 Å². The Labute approximate surface area is 136 Å². The van der Waals surface area contributed by atoms with Crippen LogP contribution < -0.4 is 5.32 Å². The number of aromatic nitrogens is 1. The molecule has 120 valence electrons. The number of rotatable bonds is 5. The van der Waals surface area contributed by atoms with Crippen molar-refractivity contribution in [3.05, 3.63) is 59.9 Å². The van der Waals surface area contributed by atoms with Crippen molar-refractivity contribution in [3.63, 3.8) is 0 Å². The smallest absolute Gasteiger partial charge is 0.227 e. The fourth-order valence-electron chi connectivity index (χ4n) is 2.29. The Kier molecular flexibility index (Phi) is 5.46. The highest BCUT2D eigenvalue weighted by atomic mass is 16.2. The molecular weight excluding hydrogens is 290 g/mol. The minimum absolute atomic E-state index is 0.0100. The third-order valence-corrected chi connectivity index (χ3v) is 3.79. The third-order valence-electron chi connectivity index (χ3n) is 3.79. The van der Waals surface area contributed by atoms with Crippen LogP contribution in [0.15, 0.2) is 48.8 Å². The van der Waals surface area contributed by atoms with Crippen molar-refractivity contribution in [2.75, 3.05) is 12.4 Å². The molecule has 5 nitrogen and oxygen atoms in total. The summed E-state index contributed by atoms with van der Waals surface area (Å²) in [7, 11) is 1.80. The Bertz CT molecular complexity index is 668. The first-order valence-corrected chi connectivity index (χ1v) is 7.49. The molecule has 2 aromatic rings. The lowest BCUT2D eigenvalue weighted by Gasteiger charge is -2.25. The number of carbonyl (C=O) groups is 2. The van der Waals surface area contributed by atoms with E-state index < -0.39 is 0 Å². The highest BCUT2D eigenvalue weighted by molar-refractivity contribution is 5.88. The van der Waals surface area contributed by atoms with Crippen molar-refractivity contribution in [3.8, 4) is 0 Å². The number of nitrogens with zero attached hydrogens (tertiary/aromatic N) is 2. The molecule has 0 radical (unpaired) electrons. The highest BCUT2D eigenvalue weighted by Gasteiger charge is 2.17. The van der Waals surface area contributed by atoms with Crippen LogP contribution in [0.2, 0.25) is 0 Å². The van der Waals surface area contributed by atoms with Gasteiger partial charge in [0.15, 0.2) is 0 Å². The standard InChI is InChI=1S/C18H21N3O2/c1-13(16-8-10-19-11-9-16)21(3)18(23)12-15-4-6-17(7-5-15)20-14(2)22/h4-11,13H,12H2,1-3H3,(H,20,22). The van der Waals surface area contributed by atoms with Gasteiger partial charge < -0.3 is 10.2 Å². The fourth-order valence-corrected chi connectivity index (χ4v) is 2.29. The van der Waals surface area contributed by atoms with E-state index in [0.717, 1.165) is 16.8 Å². The van der Waals surface area contributed by atoms with Crippen LogP contribution in [0.5, 0.6) is 0 Å². The average Bonchev–Trinajstić information content (AvgIpc) is 2.55. The van der Waals surface area contributed by atoms with Gasteiger partial charge in [-0.25, -0.2) is 0 Å². The molecular formula is C18H21N3O2. The largest absolute Gasteiger partial charge is 0.339 e. The number of carbonyl (C=O) groups excluding carboxylic acids is 2. The summed E-state index contributed by atoms with van der Waals surface area (Å²) in [6, 6.07) is 11.1. The molecule has 5 heteroatoms. The molecule has 2 amide bonds. The van der Waals surface area contributed by atoms with E-state index in [9.17, 15) is 9.59 Å². The maximum Gasteiger partial charge on any atom is 0.227 e. The first-order chi connectivity index (χ1) is 11.0. The Hall–Kier alpha value is -2.69. The van der Waals surface area contributed by atoms with E-state index in [1.165, 1.54) is 6.92 Å². The molecule has 0 spiro atoms. The topological polar surface area (TPSA) is 62.3 Å². The summed E-state index contributed by atoms with van der Waals surface area (Å²) >= 11 is 0. The van der Waals surface area contributed by atoms with Crippen LogP contribution in [0, 0.1) is 0 Å². The molecule has 1 N–H and O–H groups in total. The van der Waals surface area contributed by atoms with Gasteiger partial charge in [0, 0.05) is 32.1 Å². The first-order valence-electron chi connectivity index (χ1n) is 7.49. The van der Waals surface area contributed by atoms with Gasteiger partial charge >= 0.3 is 0 Å². The van der Waals surface area contributed by atoms with Crippen LogP contribution in [-0.2, 0) is 16.0 Å². The maximum atomic E-state index is 12.4. The molecule has 1 atom stereocenters. The van der Waals surface area contributed by atoms with Gasteiger partial charge in [-0.1, -0.05) is 12.1 Å². The van der Waals surface area contributed by atoms with E-state index in [4.69, 9.17) is 0 Å². The van der Waals surface area contributed by atoms with Crippen LogP contribution in [0.3, 0.4) is 0 Å². The molecule has 0 saturated carbocycles. The van der Waals surface area contributed by atoms with Crippen molar-refractivity contribution >= 4 is 17.5 Å². The van der Waals surface area contributed by atoms with Crippen LogP contribution in [0.25, 0.3) is 0 Å². The molecule has 1 unspecified atom stereocenters. The minimum Gasteiger partial charge on any atom is -0.339 e. The monoisotopic (exact) mass is 311 g/mol. The van der Waals surface area contributed by atoms with E-state index in [2.05, 4.69) is 10.3 Å². The second kappa shape index (κ2) is 7.54. The van der Waals surface area contributed by atoms with E-state index in [-0.39, 0.29) is 17.9 Å². The van der Waals surface area contributed by atoms with Gasteiger partial charge in [-0.3, -0.25) is 14.6 Å². The molecule has 0 fully saturated rings. The number of hydrogen-bond acceptors (Lipinski definition) is 3. The normalized spacial score (nSPS) is 11.6. The number of pyridine rings is 1. The van der Waals surface area contributed by atoms with Crippen molar-refractivity contribution < 1.29 is 9.59 Å². The van der Waals surface area contributed by atoms with Crippen LogP contribution >= 0.6 is 0 Å². The fraction of sp³-hybridized carbons (Fsp3) is 0.278. The van der Waals surface area contributed by atoms with Crippen molar-refractivity contribution in [1.29, 1.82) is 0 Å². The quantitative estimate of drug-likeness (QED) is 0.923. The lowest BCUT2D eigenvalue weighted by atomic mass is 10.1. The molecule has 1 heterocycles. The molecule has 0 aliphatic rings. The summed E-state index contributed by atoms with van der Waals surface area (Å²) in [5, 5.41) is 2.71. The Morgan fingerprint density at radius 2 is 1.74 bits per heavy atom. The molecule has 1 aromatic carbocycles. The molecule has 0 bridgehead atoms. The second-order valence-corrected chi connectivity index (χ2v) is 5.52. The lowest BCUT2D eigenvalue weighted by Crippen LogP contribution is -2.30. The summed E-state index contributed by atoms with van der Waals surface area (Å²) in [4.78, 5) is 29.2. The summed E-state index contributed by atoms with van der Waals surface area (Å²) < 4.78 is 0. The van der Waals surface area contributed by atoms with E-state index in [0.29, 0.717) is 6.42 Å². The zero-order chi connectivity index (χ0) is 16.8. The van der Waals surface area contributed by atoms with Gasteiger partial charge in [0.1, 0.15) is 0 Å². The maximum absolute atomic E-state index is 12.4. The predicted molar refractivity (Wildman–Crippen MR) is 89.9 cm³/mol. The Morgan fingerprint density at radius 1 is 1.13 bits per heavy atom. The molecule has 0 aliphatic carbocycles. The minimum atomic E-state index is -0.111. The zero-order valence-electron chi connectivity index (χ0n) is 13.6. The summed E-state index contributed by atoms with van der Waals surface area (Å²) in [5.74, 6) is -0.0682. The first kappa shape index (κ1) is 16.7. The summed E-state index contributed by atoms with van der Waals surface area (Å²) in [6.07, 6.45) is 3.78. The van der Waals surface area contributed by atoms with Crippen LogP contribution in [0.4, 0.5) is 5.69 Å². The highest BCUT2D eigenvalue weighted by Crippen LogP contribution is 2.19. The number of benzene rings is 1. The van der Waals surface area contributed by atoms with Crippen molar-refractivity contribution in [2.45, 2.75) is 26.3 Å². The summed E-state index contributed by atoms with van der Waals surface area (Å²) in [5.41, 5.74) is 2.70. The number of amides is 2.